The van der Waals surface area contributed by atoms with Crippen molar-refractivity contribution in [3.05, 3.63) is 100 Å². The second-order valence-electron chi connectivity index (χ2n) is 8.32. The maximum absolute atomic E-state index is 12.4. The number of hydrogen-bond donors (Lipinski definition) is 2. The number of hydrogen-bond acceptors (Lipinski definition) is 8. The van der Waals surface area contributed by atoms with Gasteiger partial charge in [0, 0.05) is 5.56 Å². The number of aryl methyl sites for hydroxylation is 2. The van der Waals surface area contributed by atoms with E-state index in [1.165, 1.54) is 6.21 Å². The fourth-order valence-electron chi connectivity index (χ4n) is 3.40. The van der Waals surface area contributed by atoms with Crippen LogP contribution in [0.5, 0.6) is 11.5 Å². The van der Waals surface area contributed by atoms with Gasteiger partial charge in [0.2, 0.25) is 11.0 Å². The van der Waals surface area contributed by atoms with E-state index in [1.54, 1.807) is 12.1 Å². The van der Waals surface area contributed by atoms with E-state index in [-0.39, 0.29) is 18.2 Å². The average Bonchev–Trinajstić information content (AvgIpc) is 3.34. The number of nitrogens with one attached hydrogen (secondary N) is 2. The van der Waals surface area contributed by atoms with Crippen molar-refractivity contribution in [3.63, 3.8) is 0 Å². The average molecular weight is 530 g/mol. The van der Waals surface area contributed by atoms with E-state index in [4.69, 9.17) is 9.47 Å². The highest BCUT2D eigenvalue weighted by molar-refractivity contribution is 7.15. The number of aromatic nitrogens is 2. The van der Waals surface area contributed by atoms with Crippen LogP contribution in [0, 0.1) is 13.8 Å². The molecule has 0 radical (unpaired) electrons. The zero-order valence-corrected chi connectivity index (χ0v) is 21.8. The lowest BCUT2D eigenvalue weighted by molar-refractivity contribution is -0.120. The van der Waals surface area contributed by atoms with E-state index in [2.05, 4.69) is 26.0 Å². The number of amides is 2. The fourth-order valence-corrected chi connectivity index (χ4v) is 4.13. The summed E-state index contributed by atoms with van der Waals surface area (Å²) >= 11 is 1.14. The molecule has 0 aliphatic heterocycles. The minimum absolute atomic E-state index is 0.00730. The van der Waals surface area contributed by atoms with Gasteiger partial charge in [-0.25, -0.2) is 5.43 Å². The molecule has 0 aliphatic carbocycles. The van der Waals surface area contributed by atoms with Gasteiger partial charge in [0.15, 0.2) is 0 Å². The van der Waals surface area contributed by atoms with Gasteiger partial charge in [-0.2, -0.15) is 5.10 Å². The highest BCUT2D eigenvalue weighted by Crippen LogP contribution is 2.18. The van der Waals surface area contributed by atoms with E-state index in [1.807, 2.05) is 74.5 Å². The molecule has 0 saturated heterocycles. The molecule has 0 fully saturated rings. The largest absolute Gasteiger partial charge is 0.490 e. The molecule has 0 aliphatic rings. The first-order valence-electron chi connectivity index (χ1n) is 11.9. The Kier molecular flexibility index (Phi) is 9.14. The molecule has 0 atom stereocenters. The van der Waals surface area contributed by atoms with Crippen LogP contribution in [0.3, 0.4) is 0 Å². The summed E-state index contributed by atoms with van der Waals surface area (Å²) in [6, 6.07) is 22.4. The zero-order chi connectivity index (χ0) is 26.7. The number of anilines is 1. The summed E-state index contributed by atoms with van der Waals surface area (Å²) in [6.45, 7) is 4.73. The molecule has 2 amide bonds. The molecule has 0 spiro atoms. The minimum atomic E-state index is -0.345. The maximum Gasteiger partial charge on any atom is 0.257 e. The third kappa shape index (κ3) is 7.97. The molecule has 0 saturated carbocycles. The van der Waals surface area contributed by atoms with Crippen molar-refractivity contribution in [1.82, 2.24) is 15.6 Å². The van der Waals surface area contributed by atoms with E-state index < -0.39 is 0 Å². The Morgan fingerprint density at radius 1 is 0.921 bits per heavy atom. The summed E-state index contributed by atoms with van der Waals surface area (Å²) in [5.74, 6) is 0.911. The van der Waals surface area contributed by atoms with Gasteiger partial charge < -0.3 is 9.47 Å². The SMILES string of the molecule is Cc1cccc(OCCOc2ccc(/C=N\NC(=O)Cc3nnc(NC(=O)c4ccccc4C)s3)cc2)c1. The summed E-state index contributed by atoms with van der Waals surface area (Å²) in [7, 11) is 0. The highest BCUT2D eigenvalue weighted by Gasteiger charge is 2.13. The van der Waals surface area contributed by atoms with Crippen molar-refractivity contribution in [2.75, 3.05) is 18.5 Å². The number of rotatable bonds is 11. The summed E-state index contributed by atoms with van der Waals surface area (Å²) in [4.78, 5) is 24.6. The molecule has 4 aromatic rings. The van der Waals surface area contributed by atoms with Crippen molar-refractivity contribution in [1.29, 1.82) is 0 Å². The van der Waals surface area contributed by atoms with E-state index in [9.17, 15) is 9.59 Å². The smallest absolute Gasteiger partial charge is 0.257 e. The predicted octanol–water partition coefficient (Wildman–Crippen LogP) is 4.56. The molecule has 4 rings (SSSR count). The van der Waals surface area contributed by atoms with Crippen LogP contribution in [0.2, 0.25) is 0 Å². The lowest BCUT2D eigenvalue weighted by atomic mass is 10.1. The summed E-state index contributed by atoms with van der Waals surface area (Å²) in [6.07, 6.45) is 1.53. The predicted molar refractivity (Wildman–Crippen MR) is 147 cm³/mol. The van der Waals surface area contributed by atoms with Gasteiger partial charge >= 0.3 is 0 Å². The Morgan fingerprint density at radius 2 is 1.68 bits per heavy atom. The molecule has 9 nitrogen and oxygen atoms in total. The first kappa shape index (κ1) is 26.5. The number of benzene rings is 3. The molecular formula is C28H27N5O4S. The van der Waals surface area contributed by atoms with E-state index >= 15 is 0 Å². The van der Waals surface area contributed by atoms with Crippen molar-refractivity contribution in [3.8, 4) is 11.5 Å². The van der Waals surface area contributed by atoms with Crippen LogP contribution in [-0.2, 0) is 11.2 Å². The van der Waals surface area contributed by atoms with Crippen molar-refractivity contribution < 1.29 is 19.1 Å². The first-order chi connectivity index (χ1) is 18.5. The van der Waals surface area contributed by atoms with Gasteiger partial charge in [-0.15, -0.1) is 10.2 Å². The van der Waals surface area contributed by atoms with Gasteiger partial charge in [0.25, 0.3) is 5.91 Å². The monoisotopic (exact) mass is 529 g/mol. The van der Waals surface area contributed by atoms with Crippen molar-refractivity contribution in [2.45, 2.75) is 20.3 Å². The van der Waals surface area contributed by atoms with Gasteiger partial charge in [0.05, 0.1) is 12.6 Å². The Morgan fingerprint density at radius 3 is 2.45 bits per heavy atom. The third-order valence-electron chi connectivity index (χ3n) is 5.28. The standard InChI is InChI=1S/C28H27N5O4S/c1-19-6-5-8-23(16-19)37-15-14-36-22-12-10-21(11-13-22)18-29-31-25(34)17-26-32-33-28(38-26)30-27(35)24-9-4-3-7-20(24)2/h3-13,16,18H,14-15,17H2,1-2H3,(H,31,34)(H,30,33,35)/b29-18-. The number of carbonyl (C=O) groups excluding carboxylic acids is 2. The van der Waals surface area contributed by atoms with Crippen molar-refractivity contribution in [2.24, 2.45) is 5.10 Å². The van der Waals surface area contributed by atoms with Gasteiger partial charge in [0.1, 0.15) is 29.7 Å². The van der Waals surface area contributed by atoms with Gasteiger partial charge in [-0.05, 0) is 73.0 Å². The molecule has 2 N–H and O–H groups in total. The molecule has 10 heteroatoms. The molecule has 194 valence electrons. The summed E-state index contributed by atoms with van der Waals surface area (Å²) in [5, 5.41) is 15.4. The Labute approximate surface area is 224 Å². The highest BCUT2D eigenvalue weighted by atomic mass is 32.1. The van der Waals surface area contributed by atoms with Crippen LogP contribution >= 0.6 is 11.3 Å². The normalized spacial score (nSPS) is 10.8. The van der Waals surface area contributed by atoms with Crippen molar-refractivity contribution >= 4 is 34.5 Å². The summed E-state index contributed by atoms with van der Waals surface area (Å²) in [5.41, 5.74) is 5.83. The number of nitrogens with zero attached hydrogens (tertiary/aromatic N) is 3. The topological polar surface area (TPSA) is 115 Å². The molecule has 0 bridgehead atoms. The number of hydrazone groups is 1. The van der Waals surface area contributed by atoms with Crippen LogP contribution in [-0.4, -0.2) is 41.4 Å². The molecule has 0 unspecified atom stereocenters. The number of carbonyl (C=O) groups is 2. The van der Waals surface area contributed by atoms with Crippen LogP contribution in [0.4, 0.5) is 5.13 Å². The molecule has 3 aromatic carbocycles. The molecule has 38 heavy (non-hydrogen) atoms. The van der Waals surface area contributed by atoms with Crippen LogP contribution in [0.15, 0.2) is 77.9 Å². The summed E-state index contributed by atoms with van der Waals surface area (Å²) < 4.78 is 11.4. The first-order valence-corrected chi connectivity index (χ1v) is 12.7. The van der Waals surface area contributed by atoms with Gasteiger partial charge in [-0.1, -0.05) is 41.7 Å². The van der Waals surface area contributed by atoms with Crippen LogP contribution in [0.25, 0.3) is 0 Å². The zero-order valence-electron chi connectivity index (χ0n) is 21.0. The molecule has 1 heterocycles. The third-order valence-corrected chi connectivity index (χ3v) is 6.12. The Hall–Kier alpha value is -4.57. The minimum Gasteiger partial charge on any atom is -0.490 e. The van der Waals surface area contributed by atoms with Crippen LogP contribution in [0.1, 0.15) is 32.1 Å². The Bertz CT molecular complexity index is 1420. The fraction of sp³-hybridized carbons (Fsp3) is 0.179. The second-order valence-corrected chi connectivity index (χ2v) is 9.38. The second kappa shape index (κ2) is 13.1. The quantitative estimate of drug-likeness (QED) is 0.167. The molecular weight excluding hydrogens is 502 g/mol. The molecule has 1 aromatic heterocycles. The van der Waals surface area contributed by atoms with E-state index in [0.717, 1.165) is 33.8 Å². The Balaban J connectivity index is 1.17. The maximum atomic E-state index is 12.4. The van der Waals surface area contributed by atoms with Crippen LogP contribution < -0.4 is 20.2 Å². The van der Waals surface area contributed by atoms with E-state index in [0.29, 0.717) is 34.7 Å². The number of ether oxygens (including phenoxy) is 2. The van der Waals surface area contributed by atoms with Gasteiger partial charge in [-0.3, -0.25) is 14.9 Å². The lowest BCUT2D eigenvalue weighted by Gasteiger charge is -2.09. The lowest BCUT2D eigenvalue weighted by Crippen LogP contribution is -2.19.